The minimum absolute atomic E-state index is 0.116. The molecule has 0 aromatic rings. The van der Waals surface area contributed by atoms with Crippen molar-refractivity contribution in [3.05, 3.63) is 0 Å². The van der Waals surface area contributed by atoms with Crippen LogP contribution in [0.3, 0.4) is 0 Å². The Morgan fingerprint density at radius 2 is 1.42 bits per heavy atom. The summed E-state index contributed by atoms with van der Waals surface area (Å²) in [5.74, 6) is 0. The van der Waals surface area contributed by atoms with E-state index in [9.17, 15) is 4.79 Å². The summed E-state index contributed by atoms with van der Waals surface area (Å²) in [6.45, 7) is 9.70. The van der Waals surface area contributed by atoms with E-state index in [2.05, 4.69) is 13.8 Å². The van der Waals surface area contributed by atoms with Crippen molar-refractivity contribution in [3.8, 4) is 0 Å². The smallest absolute Gasteiger partial charge is 0.314 e. The second-order valence-corrected chi connectivity index (χ2v) is 5.00. The van der Waals surface area contributed by atoms with Crippen LogP contribution in [0.2, 0.25) is 0 Å². The van der Waals surface area contributed by atoms with Crippen molar-refractivity contribution in [3.63, 3.8) is 0 Å². The highest BCUT2D eigenvalue weighted by Gasteiger charge is 2.07. The number of aliphatic hydroxyl groups excluding tert-OH is 1. The number of nitrogens with two attached hydrogens (primary N) is 1. The number of aliphatic hydroxyl groups is 1. The first-order valence-electron chi connectivity index (χ1n) is 7.71. The van der Waals surface area contributed by atoms with Crippen molar-refractivity contribution in [2.45, 2.75) is 78.7 Å². The van der Waals surface area contributed by atoms with Crippen LogP contribution in [0, 0.1) is 0 Å². The highest BCUT2D eigenvalue weighted by Crippen LogP contribution is 2.02. The van der Waals surface area contributed by atoms with Gasteiger partial charge in [0.05, 0.1) is 6.10 Å². The van der Waals surface area contributed by atoms with Crippen LogP contribution in [0.5, 0.6) is 0 Å². The molecule has 0 radical (unpaired) electrons. The van der Waals surface area contributed by atoms with Gasteiger partial charge in [0.1, 0.15) is 0 Å². The zero-order chi connectivity index (χ0) is 15.1. The van der Waals surface area contributed by atoms with Gasteiger partial charge in [-0.05, 0) is 26.2 Å². The number of unbranched alkanes of at least 4 members (excludes halogenated alkanes) is 4. The average Bonchev–Trinajstić information content (AvgIpc) is 2.37. The molecule has 0 aliphatic rings. The highest BCUT2D eigenvalue weighted by molar-refractivity contribution is 5.71. The summed E-state index contributed by atoms with van der Waals surface area (Å²) >= 11 is 0. The maximum Gasteiger partial charge on any atom is 0.314 e. The summed E-state index contributed by atoms with van der Waals surface area (Å²) in [4.78, 5) is 12.8. The second-order valence-electron chi connectivity index (χ2n) is 5.00. The van der Waals surface area contributed by atoms with Gasteiger partial charge >= 0.3 is 6.03 Å². The molecule has 0 saturated heterocycles. The van der Waals surface area contributed by atoms with Crippen LogP contribution in [0.1, 0.15) is 72.6 Å². The van der Waals surface area contributed by atoms with Gasteiger partial charge in [0.15, 0.2) is 0 Å². The molecule has 0 bridgehead atoms. The van der Waals surface area contributed by atoms with E-state index >= 15 is 0 Å². The number of carbonyl (C=O) groups excluding carboxylic acids is 1. The molecule has 2 amide bonds. The summed E-state index contributed by atoms with van der Waals surface area (Å²) in [6, 6.07) is -0.266. The van der Waals surface area contributed by atoms with Crippen molar-refractivity contribution < 1.29 is 9.90 Å². The number of urea groups is 1. The minimum Gasteiger partial charge on any atom is -0.393 e. The fourth-order valence-corrected chi connectivity index (χ4v) is 1.44. The zero-order valence-corrected chi connectivity index (χ0v) is 13.3. The van der Waals surface area contributed by atoms with Crippen molar-refractivity contribution in [1.82, 2.24) is 4.90 Å². The molecule has 4 nitrogen and oxygen atoms in total. The molecule has 0 saturated carbocycles. The van der Waals surface area contributed by atoms with Crippen molar-refractivity contribution >= 4 is 6.03 Å². The molecule has 1 unspecified atom stereocenters. The Labute approximate surface area is 119 Å². The fraction of sp³-hybridized carbons (Fsp3) is 0.933. The number of hydrogen-bond acceptors (Lipinski definition) is 2. The molecule has 1 atom stereocenters. The Balaban J connectivity index is 0. The van der Waals surface area contributed by atoms with Crippen LogP contribution in [0.15, 0.2) is 0 Å². The van der Waals surface area contributed by atoms with Gasteiger partial charge in [-0.25, -0.2) is 4.79 Å². The van der Waals surface area contributed by atoms with Gasteiger partial charge in [0.2, 0.25) is 0 Å². The van der Waals surface area contributed by atoms with Crippen LogP contribution in [-0.2, 0) is 0 Å². The molecule has 4 heteroatoms. The molecule has 0 aromatic carbocycles. The fourth-order valence-electron chi connectivity index (χ4n) is 1.44. The van der Waals surface area contributed by atoms with Gasteiger partial charge < -0.3 is 15.7 Å². The largest absolute Gasteiger partial charge is 0.393 e. The topological polar surface area (TPSA) is 66.6 Å². The van der Waals surface area contributed by atoms with Crippen LogP contribution in [-0.4, -0.2) is 35.2 Å². The molecule has 116 valence electrons. The molecule has 0 aliphatic heterocycles. The Kier molecular flexibility index (Phi) is 16.5. The normalized spacial score (nSPS) is 11.4. The Morgan fingerprint density at radius 1 is 1.05 bits per heavy atom. The molecule has 0 rings (SSSR count). The van der Waals surface area contributed by atoms with Crippen molar-refractivity contribution in [2.75, 3.05) is 13.1 Å². The van der Waals surface area contributed by atoms with Gasteiger partial charge in [0.25, 0.3) is 0 Å². The van der Waals surface area contributed by atoms with E-state index in [1.165, 1.54) is 25.7 Å². The van der Waals surface area contributed by atoms with E-state index in [4.69, 9.17) is 10.8 Å². The number of amides is 2. The third-order valence-corrected chi connectivity index (χ3v) is 2.97. The first-order chi connectivity index (χ1) is 8.99. The molecule has 0 aromatic heterocycles. The molecule has 0 fully saturated rings. The first-order valence-corrected chi connectivity index (χ1v) is 7.71. The number of primary amides is 1. The molecule has 0 spiro atoms. The maximum absolute atomic E-state index is 11.0. The van der Waals surface area contributed by atoms with Gasteiger partial charge in [-0.2, -0.15) is 0 Å². The molecular formula is C15H34N2O2. The summed E-state index contributed by atoms with van der Waals surface area (Å²) in [7, 11) is 0. The number of hydrogen-bond donors (Lipinski definition) is 2. The second kappa shape index (κ2) is 15.3. The van der Waals surface area contributed by atoms with E-state index in [0.717, 1.165) is 32.4 Å². The standard InChI is InChI=1S/C11H24N2O.C4H10O/c1-3-5-7-9-13(11(12)14)10-8-6-4-2;1-3-4(2)5/h3-10H2,1-2H3,(H2,12,14);4-5H,3H2,1-2H3. The van der Waals surface area contributed by atoms with E-state index in [0.29, 0.717) is 0 Å². The molecule has 19 heavy (non-hydrogen) atoms. The average molecular weight is 274 g/mol. The van der Waals surface area contributed by atoms with Crippen LogP contribution in [0.4, 0.5) is 4.79 Å². The summed E-state index contributed by atoms with van der Waals surface area (Å²) in [5.41, 5.74) is 5.29. The van der Waals surface area contributed by atoms with Crippen molar-refractivity contribution in [2.24, 2.45) is 5.73 Å². The van der Waals surface area contributed by atoms with Crippen LogP contribution >= 0.6 is 0 Å². The Hall–Kier alpha value is -0.770. The molecule has 3 N–H and O–H groups in total. The highest BCUT2D eigenvalue weighted by atomic mass is 16.3. The lowest BCUT2D eigenvalue weighted by Crippen LogP contribution is -2.37. The van der Waals surface area contributed by atoms with Crippen molar-refractivity contribution in [1.29, 1.82) is 0 Å². The predicted octanol–water partition coefficient (Wildman–Crippen LogP) is 3.52. The van der Waals surface area contributed by atoms with E-state index in [1.54, 1.807) is 11.8 Å². The molecule has 0 heterocycles. The number of rotatable bonds is 9. The lowest BCUT2D eigenvalue weighted by molar-refractivity contribution is 0.191. The summed E-state index contributed by atoms with van der Waals surface area (Å²) in [5, 5.41) is 8.36. The molecule has 0 aliphatic carbocycles. The number of nitrogens with zero attached hydrogens (tertiary/aromatic N) is 1. The lowest BCUT2D eigenvalue weighted by Gasteiger charge is -2.19. The number of carbonyl (C=O) groups is 1. The predicted molar refractivity (Wildman–Crippen MR) is 82.2 cm³/mol. The van der Waals surface area contributed by atoms with E-state index in [1.807, 2.05) is 6.92 Å². The third-order valence-electron chi connectivity index (χ3n) is 2.97. The van der Waals surface area contributed by atoms with E-state index < -0.39 is 0 Å². The monoisotopic (exact) mass is 274 g/mol. The van der Waals surface area contributed by atoms with Crippen LogP contribution in [0.25, 0.3) is 0 Å². The van der Waals surface area contributed by atoms with E-state index in [-0.39, 0.29) is 12.1 Å². The van der Waals surface area contributed by atoms with Gasteiger partial charge in [0, 0.05) is 13.1 Å². The Bertz CT molecular complexity index is 187. The summed E-state index contributed by atoms with van der Waals surface area (Å²) < 4.78 is 0. The molecular weight excluding hydrogens is 240 g/mol. The minimum atomic E-state index is -0.266. The van der Waals surface area contributed by atoms with Crippen LogP contribution < -0.4 is 5.73 Å². The Morgan fingerprint density at radius 3 is 1.63 bits per heavy atom. The zero-order valence-electron chi connectivity index (χ0n) is 13.3. The lowest BCUT2D eigenvalue weighted by atomic mass is 10.2. The SMILES string of the molecule is CCC(C)O.CCCCCN(CCCCC)C(N)=O. The van der Waals surface area contributed by atoms with Gasteiger partial charge in [-0.1, -0.05) is 46.5 Å². The van der Waals surface area contributed by atoms with Gasteiger partial charge in [-0.15, -0.1) is 0 Å². The maximum atomic E-state index is 11.0. The third kappa shape index (κ3) is 17.2. The van der Waals surface area contributed by atoms with Gasteiger partial charge in [-0.3, -0.25) is 0 Å². The quantitative estimate of drug-likeness (QED) is 0.632. The summed E-state index contributed by atoms with van der Waals surface area (Å²) in [6.07, 6.45) is 7.62. The first kappa shape index (κ1) is 20.5.